The number of para-hydroxylation sites is 2. The van der Waals surface area contributed by atoms with Gasteiger partial charge in [-0.15, -0.1) is 0 Å². The molecule has 0 radical (unpaired) electrons. The lowest BCUT2D eigenvalue weighted by molar-refractivity contribution is 0.195. The van der Waals surface area contributed by atoms with E-state index in [2.05, 4.69) is 22.3 Å². The molecule has 74 valence electrons. The molecule has 0 aromatic heterocycles. The second-order valence-electron chi connectivity index (χ2n) is 4.09. The van der Waals surface area contributed by atoms with Crippen LogP contribution in [0.1, 0.15) is 6.42 Å². The van der Waals surface area contributed by atoms with Crippen molar-refractivity contribution in [1.29, 1.82) is 0 Å². The van der Waals surface area contributed by atoms with Crippen LogP contribution in [0.5, 0.6) is 0 Å². The van der Waals surface area contributed by atoms with Gasteiger partial charge in [-0.1, -0.05) is 12.1 Å². The predicted molar refractivity (Wildman–Crippen MR) is 56.7 cm³/mol. The zero-order valence-corrected chi connectivity index (χ0v) is 7.98. The van der Waals surface area contributed by atoms with E-state index in [1.807, 2.05) is 12.1 Å². The third-order valence-corrected chi connectivity index (χ3v) is 3.13. The summed E-state index contributed by atoms with van der Waals surface area (Å²) in [6, 6.07) is 8.77. The number of fused-ring (bicyclic) bond motifs is 3. The smallest absolute Gasteiger partial charge is 0.0735 e. The van der Waals surface area contributed by atoms with Crippen molar-refractivity contribution in [2.75, 3.05) is 23.3 Å². The number of nitrogens with one attached hydrogen (secondary N) is 1. The molecule has 2 aliphatic rings. The van der Waals surface area contributed by atoms with Crippen LogP contribution >= 0.6 is 0 Å². The SMILES string of the molecule is OC1CC2CNc3ccccc3N2C1. The fraction of sp³-hybridized carbons (Fsp3) is 0.455. The average Bonchev–Trinajstić information content (AvgIpc) is 2.59. The topological polar surface area (TPSA) is 35.5 Å². The van der Waals surface area contributed by atoms with Gasteiger partial charge in [0.2, 0.25) is 0 Å². The summed E-state index contributed by atoms with van der Waals surface area (Å²) in [6.07, 6.45) is 0.731. The van der Waals surface area contributed by atoms with Crippen LogP contribution in [0.4, 0.5) is 11.4 Å². The number of hydrogen-bond acceptors (Lipinski definition) is 3. The molecule has 1 aromatic carbocycles. The van der Waals surface area contributed by atoms with Gasteiger partial charge in [-0.05, 0) is 18.6 Å². The molecule has 1 fully saturated rings. The molecule has 2 atom stereocenters. The quantitative estimate of drug-likeness (QED) is 0.642. The summed E-state index contributed by atoms with van der Waals surface area (Å²) in [5.41, 5.74) is 2.43. The Morgan fingerprint density at radius 2 is 2.21 bits per heavy atom. The van der Waals surface area contributed by atoms with Gasteiger partial charge >= 0.3 is 0 Å². The van der Waals surface area contributed by atoms with Gasteiger partial charge in [-0.2, -0.15) is 0 Å². The van der Waals surface area contributed by atoms with Crippen molar-refractivity contribution in [3.05, 3.63) is 24.3 Å². The molecule has 2 aliphatic heterocycles. The molecule has 2 unspecified atom stereocenters. The number of rotatable bonds is 0. The van der Waals surface area contributed by atoms with Gasteiger partial charge in [-0.3, -0.25) is 0 Å². The minimum absolute atomic E-state index is 0.159. The Balaban J connectivity index is 2.01. The van der Waals surface area contributed by atoms with Crippen LogP contribution in [-0.2, 0) is 0 Å². The number of nitrogens with zero attached hydrogens (tertiary/aromatic N) is 1. The summed E-state index contributed by atoms with van der Waals surface area (Å²) in [5.74, 6) is 0. The molecule has 0 aliphatic carbocycles. The van der Waals surface area contributed by atoms with E-state index in [0.717, 1.165) is 19.5 Å². The molecular weight excluding hydrogens is 176 g/mol. The Bertz CT molecular complexity index is 353. The molecule has 2 N–H and O–H groups in total. The Kier molecular flexibility index (Phi) is 1.67. The molecule has 2 heterocycles. The van der Waals surface area contributed by atoms with Crippen molar-refractivity contribution >= 4 is 11.4 Å². The molecule has 14 heavy (non-hydrogen) atoms. The van der Waals surface area contributed by atoms with E-state index in [1.54, 1.807) is 0 Å². The van der Waals surface area contributed by atoms with Crippen molar-refractivity contribution in [1.82, 2.24) is 0 Å². The number of hydrogen-bond donors (Lipinski definition) is 2. The third kappa shape index (κ3) is 1.09. The van der Waals surface area contributed by atoms with Crippen LogP contribution < -0.4 is 10.2 Å². The summed E-state index contributed by atoms with van der Waals surface area (Å²) < 4.78 is 0. The average molecular weight is 190 g/mol. The largest absolute Gasteiger partial charge is 0.391 e. The maximum Gasteiger partial charge on any atom is 0.0735 e. The van der Waals surface area contributed by atoms with Gasteiger partial charge < -0.3 is 15.3 Å². The van der Waals surface area contributed by atoms with Crippen molar-refractivity contribution in [3.8, 4) is 0 Å². The Morgan fingerprint density at radius 1 is 1.36 bits per heavy atom. The van der Waals surface area contributed by atoms with E-state index in [4.69, 9.17) is 0 Å². The van der Waals surface area contributed by atoms with Crippen LogP contribution in [-0.4, -0.2) is 30.3 Å². The van der Waals surface area contributed by atoms with Crippen molar-refractivity contribution in [2.45, 2.75) is 18.6 Å². The van der Waals surface area contributed by atoms with E-state index < -0.39 is 0 Å². The normalized spacial score (nSPS) is 29.4. The Morgan fingerprint density at radius 3 is 3.14 bits per heavy atom. The highest BCUT2D eigenvalue weighted by Crippen LogP contribution is 2.35. The lowest BCUT2D eigenvalue weighted by Gasteiger charge is -2.34. The Hall–Kier alpha value is -1.22. The van der Waals surface area contributed by atoms with Crippen molar-refractivity contribution in [3.63, 3.8) is 0 Å². The fourth-order valence-corrected chi connectivity index (χ4v) is 2.48. The number of aliphatic hydroxyl groups is 1. The summed E-state index contributed by atoms with van der Waals surface area (Å²) in [4.78, 5) is 2.32. The number of benzene rings is 1. The molecule has 0 amide bonds. The number of anilines is 2. The van der Waals surface area contributed by atoms with Gasteiger partial charge in [-0.25, -0.2) is 0 Å². The standard InChI is InChI=1S/C11H14N2O/c14-9-5-8-6-12-10-3-1-2-4-11(10)13(8)7-9/h1-4,8-9,12,14H,5-7H2. The Labute approximate surface area is 83.3 Å². The summed E-state index contributed by atoms with van der Waals surface area (Å²) in [7, 11) is 0. The van der Waals surface area contributed by atoms with Gasteiger partial charge in [0.25, 0.3) is 0 Å². The van der Waals surface area contributed by atoms with Crippen LogP contribution in [0.25, 0.3) is 0 Å². The molecule has 0 bridgehead atoms. The molecule has 0 saturated carbocycles. The molecular formula is C11H14N2O. The molecule has 3 nitrogen and oxygen atoms in total. The van der Waals surface area contributed by atoms with E-state index >= 15 is 0 Å². The highest BCUT2D eigenvalue weighted by Gasteiger charge is 2.34. The first-order valence-electron chi connectivity index (χ1n) is 5.12. The monoisotopic (exact) mass is 190 g/mol. The zero-order chi connectivity index (χ0) is 9.54. The van der Waals surface area contributed by atoms with Crippen molar-refractivity contribution < 1.29 is 5.11 Å². The van der Waals surface area contributed by atoms with Crippen LogP contribution in [0, 0.1) is 0 Å². The third-order valence-electron chi connectivity index (χ3n) is 3.13. The lowest BCUT2D eigenvalue weighted by Crippen LogP contribution is -2.39. The summed E-state index contributed by atoms with van der Waals surface area (Å²) in [6.45, 7) is 1.73. The zero-order valence-electron chi connectivity index (χ0n) is 7.98. The second kappa shape index (κ2) is 2.89. The highest BCUT2D eigenvalue weighted by molar-refractivity contribution is 5.73. The van der Waals surface area contributed by atoms with Gasteiger partial charge in [0, 0.05) is 19.1 Å². The first-order chi connectivity index (χ1) is 6.84. The summed E-state index contributed by atoms with van der Waals surface area (Å²) >= 11 is 0. The van der Waals surface area contributed by atoms with E-state index in [1.165, 1.54) is 11.4 Å². The number of aliphatic hydroxyl groups excluding tert-OH is 1. The first-order valence-corrected chi connectivity index (χ1v) is 5.12. The molecule has 3 rings (SSSR count). The lowest BCUT2D eigenvalue weighted by atomic mass is 10.1. The highest BCUT2D eigenvalue weighted by atomic mass is 16.3. The minimum Gasteiger partial charge on any atom is -0.391 e. The van der Waals surface area contributed by atoms with Gasteiger partial charge in [0.05, 0.1) is 17.5 Å². The van der Waals surface area contributed by atoms with Crippen LogP contribution in [0.2, 0.25) is 0 Å². The maximum absolute atomic E-state index is 9.62. The predicted octanol–water partition coefficient (Wildman–Crippen LogP) is 1.05. The molecule has 3 heteroatoms. The maximum atomic E-state index is 9.62. The first kappa shape index (κ1) is 8.12. The van der Waals surface area contributed by atoms with Crippen LogP contribution in [0.3, 0.4) is 0 Å². The fourth-order valence-electron chi connectivity index (χ4n) is 2.48. The van der Waals surface area contributed by atoms with Gasteiger partial charge in [0.1, 0.15) is 0 Å². The molecule has 1 saturated heterocycles. The summed E-state index contributed by atoms with van der Waals surface area (Å²) in [5, 5.41) is 13.0. The van der Waals surface area contributed by atoms with Crippen LogP contribution in [0.15, 0.2) is 24.3 Å². The molecule has 0 spiro atoms. The van der Waals surface area contributed by atoms with Crippen molar-refractivity contribution in [2.24, 2.45) is 0 Å². The van der Waals surface area contributed by atoms with E-state index in [0.29, 0.717) is 6.04 Å². The van der Waals surface area contributed by atoms with E-state index in [-0.39, 0.29) is 6.10 Å². The minimum atomic E-state index is -0.159. The van der Waals surface area contributed by atoms with Gasteiger partial charge in [0.15, 0.2) is 0 Å². The van der Waals surface area contributed by atoms with E-state index in [9.17, 15) is 5.11 Å². The molecule has 1 aromatic rings. The second-order valence-corrected chi connectivity index (χ2v) is 4.09.